The highest BCUT2D eigenvalue weighted by molar-refractivity contribution is 7.91. The minimum absolute atomic E-state index is 0.0443. The Bertz CT molecular complexity index is 1120. The van der Waals surface area contributed by atoms with Gasteiger partial charge in [-0.25, -0.2) is 8.42 Å². The molecule has 2 atom stereocenters. The maximum absolute atomic E-state index is 12.9. The molecule has 0 unspecified atom stereocenters. The molecule has 0 saturated heterocycles. The van der Waals surface area contributed by atoms with Gasteiger partial charge in [0.15, 0.2) is 0 Å². The molecule has 3 aromatic rings. The van der Waals surface area contributed by atoms with Crippen LogP contribution >= 0.6 is 11.3 Å². The second-order valence-corrected chi connectivity index (χ2v) is 9.69. The topological polar surface area (TPSA) is 110 Å². The Labute approximate surface area is 166 Å². The average molecular weight is 418 g/mol. The van der Waals surface area contributed by atoms with E-state index in [-0.39, 0.29) is 10.6 Å². The molecule has 1 aliphatic carbocycles. The highest BCUT2D eigenvalue weighted by Crippen LogP contribution is 2.52. The molecule has 1 saturated carbocycles. The van der Waals surface area contributed by atoms with Crippen molar-refractivity contribution in [3.8, 4) is 10.6 Å². The van der Waals surface area contributed by atoms with Crippen LogP contribution in [-0.4, -0.2) is 30.2 Å². The van der Waals surface area contributed by atoms with Crippen molar-refractivity contribution < 1.29 is 22.8 Å². The van der Waals surface area contributed by atoms with Crippen molar-refractivity contribution in [2.45, 2.75) is 35.4 Å². The highest BCUT2D eigenvalue weighted by Gasteiger charge is 2.63. The molecule has 0 bridgehead atoms. The maximum atomic E-state index is 12.9. The van der Waals surface area contributed by atoms with Crippen molar-refractivity contribution in [1.29, 1.82) is 0 Å². The molecule has 146 valence electrons. The standard InChI is InChI=1S/C19H18N2O5S2/c1-2-13-10-15(20-26-13)16-8-9-17(27-16)28(24,25)21-19(18(22)23)11-14(19)12-6-4-3-5-7-12/h3-10,14,21H,2,11H2,1H3,(H,22,23)/t14-,19+/m1/s1. The molecular weight excluding hydrogens is 400 g/mol. The maximum Gasteiger partial charge on any atom is 0.325 e. The van der Waals surface area contributed by atoms with Gasteiger partial charge in [-0.1, -0.05) is 42.4 Å². The zero-order chi connectivity index (χ0) is 19.9. The summed E-state index contributed by atoms with van der Waals surface area (Å²) in [4.78, 5) is 12.5. The fraction of sp³-hybridized carbons (Fsp3) is 0.263. The van der Waals surface area contributed by atoms with Crippen molar-refractivity contribution >= 4 is 27.3 Å². The van der Waals surface area contributed by atoms with E-state index >= 15 is 0 Å². The SMILES string of the molecule is CCc1cc(-c2ccc(S(=O)(=O)N[C@@]3(C(=O)O)C[C@@H]3c3ccccc3)s2)no1. The highest BCUT2D eigenvalue weighted by atomic mass is 32.2. The summed E-state index contributed by atoms with van der Waals surface area (Å²) in [7, 11) is -4.00. The zero-order valence-electron chi connectivity index (χ0n) is 15.0. The van der Waals surface area contributed by atoms with Crippen LogP contribution in [0.3, 0.4) is 0 Å². The van der Waals surface area contributed by atoms with Crippen molar-refractivity contribution in [2.24, 2.45) is 0 Å². The summed E-state index contributed by atoms with van der Waals surface area (Å²) in [6.45, 7) is 1.93. The number of aliphatic carboxylic acids is 1. The summed E-state index contributed by atoms with van der Waals surface area (Å²) >= 11 is 1.03. The number of aromatic nitrogens is 1. The monoisotopic (exact) mass is 418 g/mol. The Morgan fingerprint density at radius 3 is 2.71 bits per heavy atom. The Morgan fingerprint density at radius 1 is 1.32 bits per heavy atom. The van der Waals surface area contributed by atoms with E-state index in [1.807, 2.05) is 37.3 Å². The van der Waals surface area contributed by atoms with Gasteiger partial charge in [0.1, 0.15) is 21.2 Å². The van der Waals surface area contributed by atoms with Gasteiger partial charge in [-0.3, -0.25) is 4.79 Å². The van der Waals surface area contributed by atoms with Crippen molar-refractivity contribution in [1.82, 2.24) is 9.88 Å². The third kappa shape index (κ3) is 3.25. The molecular formula is C19H18N2O5S2. The number of hydrogen-bond acceptors (Lipinski definition) is 6. The van der Waals surface area contributed by atoms with E-state index in [0.29, 0.717) is 22.8 Å². The Morgan fingerprint density at radius 2 is 2.07 bits per heavy atom. The first-order chi connectivity index (χ1) is 13.4. The fourth-order valence-electron chi connectivity index (χ4n) is 3.23. The van der Waals surface area contributed by atoms with E-state index in [9.17, 15) is 18.3 Å². The molecule has 1 fully saturated rings. The van der Waals surface area contributed by atoms with Crippen LogP contribution in [0.4, 0.5) is 0 Å². The summed E-state index contributed by atoms with van der Waals surface area (Å²) in [5.41, 5.74) is -0.160. The first kappa shape index (κ1) is 18.9. The van der Waals surface area contributed by atoms with E-state index in [2.05, 4.69) is 9.88 Å². The number of thiophene rings is 1. The van der Waals surface area contributed by atoms with E-state index in [0.717, 1.165) is 16.9 Å². The number of sulfonamides is 1. The van der Waals surface area contributed by atoms with Gasteiger partial charge in [0.05, 0.1) is 4.88 Å². The first-order valence-corrected chi connectivity index (χ1v) is 11.0. The minimum Gasteiger partial charge on any atom is -0.480 e. The van der Waals surface area contributed by atoms with Crippen LogP contribution in [0, 0.1) is 0 Å². The Balaban J connectivity index is 1.59. The fourth-order valence-corrected chi connectivity index (χ4v) is 5.89. The number of aryl methyl sites for hydroxylation is 1. The lowest BCUT2D eigenvalue weighted by molar-refractivity contribution is -0.140. The van der Waals surface area contributed by atoms with Crippen LogP contribution in [0.2, 0.25) is 0 Å². The second-order valence-electron chi connectivity index (χ2n) is 6.70. The summed E-state index contributed by atoms with van der Waals surface area (Å²) in [5, 5.41) is 13.7. The van der Waals surface area contributed by atoms with Crippen LogP contribution in [0.15, 0.2) is 57.3 Å². The Hall–Kier alpha value is -2.49. The molecule has 2 aromatic heterocycles. The number of rotatable bonds is 7. The van der Waals surface area contributed by atoms with Crippen molar-refractivity contribution in [3.63, 3.8) is 0 Å². The molecule has 0 amide bonds. The summed E-state index contributed by atoms with van der Waals surface area (Å²) < 4.78 is 33.4. The second kappa shape index (κ2) is 6.84. The Kier molecular flexibility index (Phi) is 4.60. The number of hydrogen-bond donors (Lipinski definition) is 2. The van der Waals surface area contributed by atoms with Gasteiger partial charge in [0.25, 0.3) is 10.0 Å². The molecule has 2 N–H and O–H groups in total. The van der Waals surface area contributed by atoms with Crippen molar-refractivity contribution in [2.75, 3.05) is 0 Å². The quantitative estimate of drug-likeness (QED) is 0.609. The molecule has 7 nitrogen and oxygen atoms in total. The van der Waals surface area contributed by atoms with Gasteiger partial charge in [-0.2, -0.15) is 4.72 Å². The van der Waals surface area contributed by atoms with E-state index in [1.165, 1.54) is 6.07 Å². The molecule has 0 spiro atoms. The number of carboxylic acids is 1. The smallest absolute Gasteiger partial charge is 0.325 e. The van der Waals surface area contributed by atoms with Crippen LogP contribution in [0.25, 0.3) is 10.6 Å². The minimum atomic E-state index is -4.00. The number of benzene rings is 1. The number of nitrogens with zero attached hydrogens (tertiary/aromatic N) is 1. The number of carbonyl (C=O) groups is 1. The van der Waals surface area contributed by atoms with Gasteiger partial charge in [0.2, 0.25) is 0 Å². The lowest BCUT2D eigenvalue weighted by Gasteiger charge is -2.14. The molecule has 0 aliphatic heterocycles. The third-order valence-corrected chi connectivity index (χ3v) is 7.98. The van der Waals surface area contributed by atoms with Crippen LogP contribution in [0.1, 0.15) is 30.6 Å². The van der Waals surface area contributed by atoms with Gasteiger partial charge in [-0.15, -0.1) is 11.3 Å². The van der Waals surface area contributed by atoms with Gasteiger partial charge < -0.3 is 9.63 Å². The number of nitrogens with one attached hydrogen (secondary N) is 1. The van der Waals surface area contributed by atoms with Crippen LogP contribution in [-0.2, 0) is 21.2 Å². The lowest BCUT2D eigenvalue weighted by atomic mass is 10.1. The van der Waals surface area contributed by atoms with Crippen molar-refractivity contribution in [3.05, 3.63) is 59.9 Å². The molecule has 4 rings (SSSR count). The predicted molar refractivity (Wildman–Crippen MR) is 104 cm³/mol. The molecule has 0 radical (unpaired) electrons. The molecule has 28 heavy (non-hydrogen) atoms. The third-order valence-electron chi connectivity index (χ3n) is 4.87. The summed E-state index contributed by atoms with van der Waals surface area (Å²) in [6, 6.07) is 13.9. The molecule has 1 aliphatic rings. The average Bonchev–Trinajstić information content (AvgIpc) is 3.05. The summed E-state index contributed by atoms with van der Waals surface area (Å²) in [6.07, 6.45) is 0.903. The van der Waals surface area contributed by atoms with Crippen LogP contribution < -0.4 is 4.72 Å². The van der Waals surface area contributed by atoms with E-state index in [4.69, 9.17) is 4.52 Å². The predicted octanol–water partition coefficient (Wildman–Crippen LogP) is 3.25. The molecule has 1 aromatic carbocycles. The van der Waals surface area contributed by atoms with Gasteiger partial charge in [0, 0.05) is 18.4 Å². The number of carboxylic acid groups (broad SMARTS) is 1. The summed E-state index contributed by atoms with van der Waals surface area (Å²) in [5.74, 6) is -0.867. The largest absolute Gasteiger partial charge is 0.480 e. The van der Waals surface area contributed by atoms with E-state index < -0.39 is 27.4 Å². The zero-order valence-corrected chi connectivity index (χ0v) is 16.6. The first-order valence-electron chi connectivity index (χ1n) is 8.74. The van der Waals surface area contributed by atoms with E-state index in [1.54, 1.807) is 12.1 Å². The van der Waals surface area contributed by atoms with Gasteiger partial charge >= 0.3 is 5.97 Å². The lowest BCUT2D eigenvalue weighted by Crippen LogP contribution is -2.44. The van der Waals surface area contributed by atoms with Crippen LogP contribution in [0.5, 0.6) is 0 Å². The molecule has 9 heteroatoms. The molecule has 2 heterocycles. The normalized spacial score (nSPS) is 21.5. The van der Waals surface area contributed by atoms with Gasteiger partial charge in [-0.05, 0) is 24.1 Å².